The van der Waals surface area contributed by atoms with E-state index in [-0.39, 0.29) is 17.6 Å². The molecule has 0 bridgehead atoms. The van der Waals surface area contributed by atoms with Crippen molar-refractivity contribution in [3.63, 3.8) is 0 Å². The van der Waals surface area contributed by atoms with E-state index in [0.717, 1.165) is 11.5 Å². The van der Waals surface area contributed by atoms with E-state index < -0.39 is 24.3 Å². The summed E-state index contributed by atoms with van der Waals surface area (Å²) in [6.45, 7) is 1.33. The van der Waals surface area contributed by atoms with E-state index in [1.807, 2.05) is 0 Å². The molecule has 3 N–H and O–H groups in total. The number of carboxylic acid groups (broad SMARTS) is 1. The van der Waals surface area contributed by atoms with Gasteiger partial charge >= 0.3 is 11.9 Å². The van der Waals surface area contributed by atoms with E-state index in [2.05, 4.69) is 24.1 Å². The normalized spacial score (nSPS) is 11.1. The van der Waals surface area contributed by atoms with Gasteiger partial charge in [-0.3, -0.25) is 0 Å². The monoisotopic (exact) mass is 274 g/mol. The Balaban J connectivity index is 2.68. The Hall–Kier alpha value is -2.23. The fourth-order valence-electron chi connectivity index (χ4n) is 0.859. The van der Waals surface area contributed by atoms with Gasteiger partial charge in [0.2, 0.25) is 18.1 Å². The van der Waals surface area contributed by atoms with Crippen LogP contribution in [0.2, 0.25) is 0 Å². The topological polar surface area (TPSA) is 137 Å². The molecule has 0 atom stereocenters. The molecule has 0 amide bonds. The van der Waals surface area contributed by atoms with Crippen LogP contribution in [-0.2, 0) is 19.2 Å². The summed E-state index contributed by atoms with van der Waals surface area (Å²) in [6, 6.07) is 0. The standard InChI is InChI=1S/C8H10N4O5S/c1-2-16-4(13)3-17-11-5(7(14)15)6-10-8(9)18-12-6/h2-3H2,1H3,(H,14,15)(H2,9,10,12). The highest BCUT2D eigenvalue weighted by atomic mass is 32.1. The molecule has 0 aliphatic rings. The first-order valence-electron chi connectivity index (χ1n) is 4.73. The fourth-order valence-corrected chi connectivity index (χ4v) is 1.29. The predicted molar refractivity (Wildman–Crippen MR) is 61.1 cm³/mol. The SMILES string of the molecule is CCOC(=O)CON=C(C(=O)O)c1nsc(N)n1. The lowest BCUT2D eigenvalue weighted by Crippen LogP contribution is -2.18. The van der Waals surface area contributed by atoms with Crippen LogP contribution in [0.1, 0.15) is 12.7 Å². The van der Waals surface area contributed by atoms with Crippen molar-refractivity contribution >= 4 is 34.3 Å². The Bertz CT molecular complexity index is 472. The van der Waals surface area contributed by atoms with Crippen LogP contribution in [0.4, 0.5) is 5.13 Å². The van der Waals surface area contributed by atoms with Crippen LogP contribution in [0.15, 0.2) is 5.16 Å². The van der Waals surface area contributed by atoms with E-state index in [1.165, 1.54) is 0 Å². The summed E-state index contributed by atoms with van der Waals surface area (Å²) < 4.78 is 8.23. The van der Waals surface area contributed by atoms with Crippen LogP contribution in [-0.4, -0.2) is 45.3 Å². The Labute approximate surface area is 105 Å². The number of esters is 1. The Kier molecular flexibility index (Phi) is 4.99. The molecular formula is C8H10N4O5S. The third kappa shape index (κ3) is 3.97. The van der Waals surface area contributed by atoms with Crippen molar-refractivity contribution in [1.82, 2.24) is 9.36 Å². The molecular weight excluding hydrogens is 264 g/mol. The second-order valence-electron chi connectivity index (χ2n) is 2.78. The van der Waals surface area contributed by atoms with E-state index in [0.29, 0.717) is 0 Å². The molecule has 0 aliphatic heterocycles. The molecule has 1 aromatic rings. The van der Waals surface area contributed by atoms with Crippen molar-refractivity contribution in [2.45, 2.75) is 6.92 Å². The second kappa shape index (κ2) is 6.49. The van der Waals surface area contributed by atoms with Gasteiger partial charge in [-0.15, -0.1) is 0 Å². The number of carbonyl (C=O) groups excluding carboxylic acids is 1. The molecule has 98 valence electrons. The van der Waals surface area contributed by atoms with Gasteiger partial charge in [0.05, 0.1) is 6.61 Å². The average Bonchev–Trinajstić information content (AvgIpc) is 2.71. The van der Waals surface area contributed by atoms with Gasteiger partial charge in [0.1, 0.15) is 0 Å². The average molecular weight is 274 g/mol. The smallest absolute Gasteiger partial charge is 0.362 e. The Morgan fingerprint density at radius 3 is 2.78 bits per heavy atom. The summed E-state index contributed by atoms with van der Waals surface area (Å²) in [6.07, 6.45) is 0. The van der Waals surface area contributed by atoms with Crippen LogP contribution >= 0.6 is 11.5 Å². The van der Waals surface area contributed by atoms with Gasteiger partial charge in [0.15, 0.2) is 5.13 Å². The fraction of sp³-hybridized carbons (Fsp3) is 0.375. The van der Waals surface area contributed by atoms with Crippen molar-refractivity contribution < 1.29 is 24.3 Å². The molecule has 9 nitrogen and oxygen atoms in total. The van der Waals surface area contributed by atoms with Gasteiger partial charge in [-0.05, 0) is 6.92 Å². The molecule has 0 spiro atoms. The molecule has 0 aromatic carbocycles. The summed E-state index contributed by atoms with van der Waals surface area (Å²) in [5, 5.41) is 12.2. The third-order valence-electron chi connectivity index (χ3n) is 1.50. The van der Waals surface area contributed by atoms with Crippen LogP contribution in [0.25, 0.3) is 0 Å². The number of hydrogen-bond acceptors (Lipinski definition) is 9. The van der Waals surface area contributed by atoms with Crippen molar-refractivity contribution in [1.29, 1.82) is 0 Å². The van der Waals surface area contributed by atoms with Crippen LogP contribution in [0.3, 0.4) is 0 Å². The van der Waals surface area contributed by atoms with Gasteiger partial charge in [-0.25, -0.2) is 9.59 Å². The van der Waals surface area contributed by atoms with Gasteiger partial charge in [0.25, 0.3) is 0 Å². The Morgan fingerprint density at radius 2 is 2.28 bits per heavy atom. The van der Waals surface area contributed by atoms with E-state index in [4.69, 9.17) is 10.8 Å². The van der Waals surface area contributed by atoms with Gasteiger partial charge < -0.3 is 20.4 Å². The van der Waals surface area contributed by atoms with E-state index >= 15 is 0 Å². The lowest BCUT2D eigenvalue weighted by atomic mass is 10.4. The number of aliphatic carboxylic acids is 1. The van der Waals surface area contributed by atoms with Gasteiger partial charge in [-0.1, -0.05) is 5.16 Å². The quantitative estimate of drug-likeness (QED) is 0.402. The second-order valence-corrected chi connectivity index (χ2v) is 3.56. The van der Waals surface area contributed by atoms with Crippen molar-refractivity contribution in [3.05, 3.63) is 5.82 Å². The number of hydrogen-bond donors (Lipinski definition) is 2. The summed E-state index contributed by atoms with van der Waals surface area (Å²) in [7, 11) is 0. The minimum atomic E-state index is -1.39. The number of anilines is 1. The largest absolute Gasteiger partial charge is 0.476 e. The zero-order valence-corrected chi connectivity index (χ0v) is 10.1. The number of carboxylic acids is 1. The van der Waals surface area contributed by atoms with Crippen molar-refractivity contribution in [2.75, 3.05) is 18.9 Å². The number of nitrogen functional groups attached to an aromatic ring is 1. The molecule has 0 saturated carbocycles. The zero-order chi connectivity index (χ0) is 13.5. The minimum Gasteiger partial charge on any atom is -0.476 e. The molecule has 1 aromatic heterocycles. The maximum atomic E-state index is 10.9. The lowest BCUT2D eigenvalue weighted by Gasteiger charge is -2.00. The van der Waals surface area contributed by atoms with Crippen LogP contribution in [0, 0.1) is 0 Å². The predicted octanol–water partition coefficient (Wildman–Crippen LogP) is -0.511. The van der Waals surface area contributed by atoms with Crippen molar-refractivity contribution in [2.24, 2.45) is 5.16 Å². The van der Waals surface area contributed by atoms with Crippen LogP contribution < -0.4 is 5.73 Å². The maximum absolute atomic E-state index is 10.9. The van der Waals surface area contributed by atoms with Crippen LogP contribution in [0.5, 0.6) is 0 Å². The summed E-state index contributed by atoms with van der Waals surface area (Å²) in [4.78, 5) is 30.0. The molecule has 1 rings (SSSR count). The summed E-state index contributed by atoms with van der Waals surface area (Å²) in [5.74, 6) is -2.22. The molecule has 18 heavy (non-hydrogen) atoms. The highest BCUT2D eigenvalue weighted by Gasteiger charge is 2.19. The molecule has 0 unspecified atom stereocenters. The van der Waals surface area contributed by atoms with E-state index in [9.17, 15) is 9.59 Å². The summed E-state index contributed by atoms with van der Waals surface area (Å²) in [5.41, 5.74) is 4.78. The summed E-state index contributed by atoms with van der Waals surface area (Å²) >= 11 is 0.823. The molecule has 0 saturated heterocycles. The highest BCUT2D eigenvalue weighted by Crippen LogP contribution is 2.07. The molecule has 0 aliphatic carbocycles. The number of rotatable bonds is 6. The molecule has 10 heteroatoms. The van der Waals surface area contributed by atoms with Gasteiger partial charge in [-0.2, -0.15) is 9.36 Å². The lowest BCUT2D eigenvalue weighted by molar-refractivity contribution is -0.148. The molecule has 1 heterocycles. The number of oxime groups is 1. The first-order valence-corrected chi connectivity index (χ1v) is 5.50. The first kappa shape index (κ1) is 13.8. The minimum absolute atomic E-state index is 0.101. The third-order valence-corrected chi connectivity index (χ3v) is 2.04. The zero-order valence-electron chi connectivity index (χ0n) is 9.32. The number of nitrogens with two attached hydrogens (primary N) is 1. The van der Waals surface area contributed by atoms with E-state index in [1.54, 1.807) is 6.92 Å². The maximum Gasteiger partial charge on any atom is 0.362 e. The Morgan fingerprint density at radius 1 is 1.56 bits per heavy atom. The number of ether oxygens (including phenoxy) is 1. The van der Waals surface area contributed by atoms with Gasteiger partial charge in [0, 0.05) is 11.5 Å². The molecule has 0 fully saturated rings. The number of aromatic nitrogens is 2. The first-order chi connectivity index (χ1) is 8.54. The van der Waals surface area contributed by atoms with Crippen molar-refractivity contribution in [3.8, 4) is 0 Å². The molecule has 0 radical (unpaired) electrons. The highest BCUT2D eigenvalue weighted by molar-refractivity contribution is 7.09. The number of carbonyl (C=O) groups is 2. The number of nitrogens with zero attached hydrogens (tertiary/aromatic N) is 3.